The second-order valence-electron chi connectivity index (χ2n) is 3.11. The molecule has 1 atom stereocenters. The molecule has 1 rings (SSSR count). The largest absolute Gasteiger partial charge is 0.505 e. The molecule has 0 unspecified atom stereocenters. The summed E-state index contributed by atoms with van der Waals surface area (Å²) in [5.74, 6) is -0.934. The first-order valence-electron chi connectivity index (χ1n) is 4.39. The molecule has 0 fully saturated rings. The minimum atomic E-state index is -0.607. The SMILES string of the molecule is CCC[C@H](N)c1ccc(O)c(F)c1. The summed E-state index contributed by atoms with van der Waals surface area (Å²) >= 11 is 0. The van der Waals surface area contributed by atoms with Crippen molar-refractivity contribution < 1.29 is 9.50 Å². The maximum absolute atomic E-state index is 12.9. The molecule has 0 aliphatic carbocycles. The van der Waals surface area contributed by atoms with Crippen LogP contribution in [0.4, 0.5) is 4.39 Å². The lowest BCUT2D eigenvalue weighted by atomic mass is 10.0. The molecule has 72 valence electrons. The molecule has 0 spiro atoms. The van der Waals surface area contributed by atoms with E-state index in [-0.39, 0.29) is 11.8 Å². The first-order valence-corrected chi connectivity index (χ1v) is 4.39. The number of nitrogens with two attached hydrogens (primary N) is 1. The maximum atomic E-state index is 12.9. The molecule has 0 aliphatic heterocycles. The first kappa shape index (κ1) is 9.99. The molecule has 2 nitrogen and oxygen atoms in total. The average molecular weight is 183 g/mol. The molecule has 0 saturated carbocycles. The van der Waals surface area contributed by atoms with Crippen LogP contribution < -0.4 is 5.73 Å². The van der Waals surface area contributed by atoms with Crippen LogP contribution in [0.1, 0.15) is 31.4 Å². The van der Waals surface area contributed by atoms with Gasteiger partial charge < -0.3 is 10.8 Å². The van der Waals surface area contributed by atoms with Gasteiger partial charge in [-0.05, 0) is 24.1 Å². The van der Waals surface area contributed by atoms with Crippen LogP contribution in [0.25, 0.3) is 0 Å². The van der Waals surface area contributed by atoms with Gasteiger partial charge in [0.05, 0.1) is 0 Å². The molecule has 0 saturated heterocycles. The van der Waals surface area contributed by atoms with E-state index >= 15 is 0 Å². The highest BCUT2D eigenvalue weighted by atomic mass is 19.1. The maximum Gasteiger partial charge on any atom is 0.165 e. The number of hydrogen-bond donors (Lipinski definition) is 2. The third-order valence-corrected chi connectivity index (χ3v) is 2.00. The van der Waals surface area contributed by atoms with Crippen molar-refractivity contribution in [1.29, 1.82) is 0 Å². The van der Waals surface area contributed by atoms with Crippen LogP contribution in [0.2, 0.25) is 0 Å². The second-order valence-corrected chi connectivity index (χ2v) is 3.11. The van der Waals surface area contributed by atoms with Gasteiger partial charge in [-0.15, -0.1) is 0 Å². The summed E-state index contributed by atoms with van der Waals surface area (Å²) in [6.45, 7) is 2.02. The molecule has 13 heavy (non-hydrogen) atoms. The van der Waals surface area contributed by atoms with Crippen LogP contribution in [0, 0.1) is 5.82 Å². The van der Waals surface area contributed by atoms with Crippen molar-refractivity contribution >= 4 is 0 Å². The van der Waals surface area contributed by atoms with Crippen molar-refractivity contribution in [3.63, 3.8) is 0 Å². The quantitative estimate of drug-likeness (QED) is 0.755. The lowest BCUT2D eigenvalue weighted by Gasteiger charge is -2.10. The van der Waals surface area contributed by atoms with Crippen molar-refractivity contribution in [2.45, 2.75) is 25.8 Å². The van der Waals surface area contributed by atoms with Crippen LogP contribution in [0.3, 0.4) is 0 Å². The van der Waals surface area contributed by atoms with Crippen molar-refractivity contribution in [2.75, 3.05) is 0 Å². The van der Waals surface area contributed by atoms with E-state index in [9.17, 15) is 4.39 Å². The fraction of sp³-hybridized carbons (Fsp3) is 0.400. The zero-order valence-electron chi connectivity index (χ0n) is 7.63. The minimum Gasteiger partial charge on any atom is -0.505 e. The fourth-order valence-electron chi connectivity index (χ4n) is 1.23. The Bertz CT molecular complexity index is 288. The van der Waals surface area contributed by atoms with Crippen LogP contribution >= 0.6 is 0 Å². The van der Waals surface area contributed by atoms with Gasteiger partial charge in [0.25, 0.3) is 0 Å². The fourth-order valence-corrected chi connectivity index (χ4v) is 1.23. The van der Waals surface area contributed by atoms with E-state index in [1.54, 1.807) is 6.07 Å². The minimum absolute atomic E-state index is 0.139. The van der Waals surface area contributed by atoms with E-state index < -0.39 is 5.82 Å². The summed E-state index contributed by atoms with van der Waals surface area (Å²) in [4.78, 5) is 0. The molecule has 0 heterocycles. The molecule has 0 aromatic heterocycles. The highest BCUT2D eigenvalue weighted by molar-refractivity contribution is 5.29. The number of hydrogen-bond acceptors (Lipinski definition) is 2. The van der Waals surface area contributed by atoms with Gasteiger partial charge in [-0.2, -0.15) is 0 Å². The van der Waals surface area contributed by atoms with E-state index in [1.807, 2.05) is 6.92 Å². The van der Waals surface area contributed by atoms with Crippen LogP contribution in [-0.2, 0) is 0 Å². The molecule has 1 aromatic rings. The molecule has 0 bridgehead atoms. The van der Waals surface area contributed by atoms with Gasteiger partial charge in [0, 0.05) is 6.04 Å². The normalized spacial score (nSPS) is 12.8. The third-order valence-electron chi connectivity index (χ3n) is 2.00. The summed E-state index contributed by atoms with van der Waals surface area (Å²) in [5, 5.41) is 8.94. The molecule has 0 aliphatic rings. The summed E-state index contributed by atoms with van der Waals surface area (Å²) in [5.41, 5.74) is 6.51. The average Bonchev–Trinajstić information content (AvgIpc) is 2.10. The third kappa shape index (κ3) is 2.42. The Hall–Kier alpha value is -1.09. The topological polar surface area (TPSA) is 46.2 Å². The van der Waals surface area contributed by atoms with Crippen LogP contribution in [0.5, 0.6) is 5.75 Å². The van der Waals surface area contributed by atoms with Crippen LogP contribution in [-0.4, -0.2) is 5.11 Å². The Morgan fingerprint density at radius 1 is 1.54 bits per heavy atom. The molecule has 0 amide bonds. The van der Waals surface area contributed by atoms with Crippen molar-refractivity contribution in [3.05, 3.63) is 29.6 Å². The molecule has 0 radical (unpaired) electrons. The van der Waals surface area contributed by atoms with Crippen molar-refractivity contribution in [3.8, 4) is 5.75 Å². The van der Waals surface area contributed by atoms with E-state index in [4.69, 9.17) is 10.8 Å². The van der Waals surface area contributed by atoms with Gasteiger partial charge in [-0.3, -0.25) is 0 Å². The lowest BCUT2D eigenvalue weighted by Crippen LogP contribution is -2.09. The summed E-state index contributed by atoms with van der Waals surface area (Å²) < 4.78 is 12.9. The van der Waals surface area contributed by atoms with Crippen molar-refractivity contribution in [2.24, 2.45) is 5.73 Å². The smallest absolute Gasteiger partial charge is 0.165 e. The Labute approximate surface area is 77.2 Å². The Morgan fingerprint density at radius 2 is 2.23 bits per heavy atom. The summed E-state index contributed by atoms with van der Waals surface area (Å²) in [6, 6.07) is 4.13. The van der Waals surface area contributed by atoms with E-state index in [0.717, 1.165) is 18.4 Å². The van der Waals surface area contributed by atoms with Gasteiger partial charge in [0.1, 0.15) is 0 Å². The van der Waals surface area contributed by atoms with Gasteiger partial charge in [-0.1, -0.05) is 19.4 Å². The molecule has 3 heteroatoms. The molecular weight excluding hydrogens is 169 g/mol. The number of phenols is 1. The lowest BCUT2D eigenvalue weighted by molar-refractivity contribution is 0.431. The predicted octanol–water partition coefficient (Wildman–Crippen LogP) is 2.33. The van der Waals surface area contributed by atoms with Crippen LogP contribution in [0.15, 0.2) is 18.2 Å². The van der Waals surface area contributed by atoms with Crippen molar-refractivity contribution in [1.82, 2.24) is 0 Å². The molecule has 3 N–H and O–H groups in total. The Balaban J connectivity index is 2.84. The predicted molar refractivity (Wildman–Crippen MR) is 49.9 cm³/mol. The van der Waals surface area contributed by atoms with Gasteiger partial charge in [0.15, 0.2) is 11.6 Å². The van der Waals surface area contributed by atoms with Gasteiger partial charge >= 0.3 is 0 Å². The molecule has 1 aromatic carbocycles. The highest BCUT2D eigenvalue weighted by Crippen LogP contribution is 2.21. The standard InChI is InChI=1S/C10H14FNO/c1-2-3-9(12)7-4-5-10(13)8(11)6-7/h4-6,9,13H,2-3,12H2,1H3/t9-/m0/s1. The second kappa shape index (κ2) is 4.23. The number of halogens is 1. The number of phenolic OH excluding ortho intramolecular Hbond substituents is 1. The number of rotatable bonds is 3. The highest BCUT2D eigenvalue weighted by Gasteiger charge is 2.07. The number of benzene rings is 1. The van der Waals surface area contributed by atoms with E-state index in [0.29, 0.717) is 0 Å². The molecular formula is C10H14FNO. The van der Waals surface area contributed by atoms with Gasteiger partial charge in [-0.25, -0.2) is 4.39 Å². The monoisotopic (exact) mass is 183 g/mol. The summed E-state index contributed by atoms with van der Waals surface area (Å²) in [7, 11) is 0. The Kier molecular flexibility index (Phi) is 3.25. The van der Waals surface area contributed by atoms with E-state index in [1.165, 1.54) is 12.1 Å². The summed E-state index contributed by atoms with van der Waals surface area (Å²) in [6.07, 6.45) is 1.79. The van der Waals surface area contributed by atoms with E-state index in [2.05, 4.69) is 0 Å². The first-order chi connectivity index (χ1) is 6.15. The zero-order chi connectivity index (χ0) is 9.84. The number of aromatic hydroxyl groups is 1. The van der Waals surface area contributed by atoms with Gasteiger partial charge in [0.2, 0.25) is 0 Å². The Morgan fingerprint density at radius 3 is 2.77 bits per heavy atom. The zero-order valence-corrected chi connectivity index (χ0v) is 7.63.